The summed E-state index contributed by atoms with van der Waals surface area (Å²) in [5.74, 6) is -0.400. The van der Waals surface area contributed by atoms with E-state index in [1.807, 2.05) is 79.3 Å². The molecule has 0 unspecified atom stereocenters. The van der Waals surface area contributed by atoms with Crippen molar-refractivity contribution in [2.45, 2.75) is 18.4 Å². The van der Waals surface area contributed by atoms with Gasteiger partial charge in [0.15, 0.2) is 5.78 Å². The van der Waals surface area contributed by atoms with Crippen molar-refractivity contribution in [3.63, 3.8) is 0 Å². The van der Waals surface area contributed by atoms with Gasteiger partial charge < -0.3 is 4.57 Å². The van der Waals surface area contributed by atoms with E-state index in [4.69, 9.17) is 4.98 Å². The van der Waals surface area contributed by atoms with Gasteiger partial charge in [-0.25, -0.2) is 9.37 Å². The van der Waals surface area contributed by atoms with Gasteiger partial charge in [-0.3, -0.25) is 9.78 Å². The number of carbonyl (C=O) groups excluding carboxylic acids is 1. The fourth-order valence-electron chi connectivity index (χ4n) is 6.23. The molecule has 0 N–H and O–H groups in total. The summed E-state index contributed by atoms with van der Waals surface area (Å²) < 4.78 is 16.9. The van der Waals surface area contributed by atoms with Gasteiger partial charge in [-0.2, -0.15) is 0 Å². The van der Waals surface area contributed by atoms with Crippen LogP contribution >= 0.6 is 0 Å². The molecule has 208 valence electrons. The highest BCUT2D eigenvalue weighted by Crippen LogP contribution is 2.42. The zero-order chi connectivity index (χ0) is 29.2. The Hall–Kier alpha value is -5.42. The molecule has 4 aromatic carbocycles. The number of fused-ring (bicyclic) bond motifs is 1. The van der Waals surface area contributed by atoms with Crippen molar-refractivity contribution >= 4 is 11.9 Å². The number of carbonyl (C=O) groups is 1. The normalized spacial score (nSPS) is 14.1. The van der Waals surface area contributed by atoms with Crippen LogP contribution in [0.15, 0.2) is 146 Å². The molecule has 4 nitrogen and oxygen atoms in total. The van der Waals surface area contributed by atoms with Gasteiger partial charge in [0, 0.05) is 35.3 Å². The van der Waals surface area contributed by atoms with Gasteiger partial charge >= 0.3 is 0 Å². The highest BCUT2D eigenvalue weighted by atomic mass is 19.1. The van der Waals surface area contributed by atoms with Crippen LogP contribution in [0.25, 0.3) is 17.3 Å². The molecular weight excluding hydrogens is 533 g/mol. The minimum atomic E-state index is -0.739. The SMILES string of the molecule is O=C1/C(=C/c2ccc(F)cc2-c2cn(C(c3ccccc3)(c3ccccc3)c3ccccc3)cn2)CCc2ccncc21. The molecule has 0 saturated carbocycles. The Balaban J connectivity index is 1.40. The molecule has 0 radical (unpaired) electrons. The Kier molecular flexibility index (Phi) is 6.84. The Bertz CT molecular complexity index is 1850. The molecule has 43 heavy (non-hydrogen) atoms. The number of nitrogens with zero attached hydrogens (tertiary/aromatic N) is 3. The van der Waals surface area contributed by atoms with Gasteiger partial charge in [0.25, 0.3) is 0 Å². The molecule has 0 atom stereocenters. The maximum Gasteiger partial charge on any atom is 0.190 e. The molecule has 0 aliphatic heterocycles. The summed E-state index contributed by atoms with van der Waals surface area (Å²) in [5, 5.41) is 0. The number of aryl methyl sites for hydroxylation is 1. The monoisotopic (exact) mass is 561 g/mol. The zero-order valence-corrected chi connectivity index (χ0v) is 23.4. The lowest BCUT2D eigenvalue weighted by Gasteiger charge is -2.37. The number of halogens is 1. The molecule has 0 saturated heterocycles. The van der Waals surface area contributed by atoms with E-state index in [2.05, 4.69) is 45.9 Å². The fraction of sp³-hybridized carbons (Fsp3) is 0.0789. The topological polar surface area (TPSA) is 47.8 Å². The number of pyridine rings is 1. The third-order valence-electron chi connectivity index (χ3n) is 8.28. The lowest BCUT2D eigenvalue weighted by atomic mass is 9.77. The van der Waals surface area contributed by atoms with E-state index in [-0.39, 0.29) is 11.6 Å². The van der Waals surface area contributed by atoms with Gasteiger partial charge in [-0.15, -0.1) is 0 Å². The van der Waals surface area contributed by atoms with Crippen LogP contribution in [0, 0.1) is 5.82 Å². The number of ketones is 1. The summed E-state index contributed by atoms with van der Waals surface area (Å²) in [6, 6.07) is 37.6. The summed E-state index contributed by atoms with van der Waals surface area (Å²) in [6.07, 6.45) is 10.4. The highest BCUT2D eigenvalue weighted by Gasteiger charge is 2.38. The van der Waals surface area contributed by atoms with Crippen molar-refractivity contribution in [1.82, 2.24) is 14.5 Å². The average molecular weight is 562 g/mol. The molecule has 6 aromatic rings. The number of hydrogen-bond acceptors (Lipinski definition) is 3. The van der Waals surface area contributed by atoms with E-state index in [1.54, 1.807) is 18.5 Å². The molecule has 0 fully saturated rings. The van der Waals surface area contributed by atoms with E-state index < -0.39 is 5.54 Å². The van der Waals surface area contributed by atoms with Crippen LogP contribution in [-0.4, -0.2) is 20.3 Å². The molecule has 1 aliphatic carbocycles. The summed E-state index contributed by atoms with van der Waals surface area (Å²) in [7, 11) is 0. The van der Waals surface area contributed by atoms with Crippen molar-refractivity contribution in [1.29, 1.82) is 0 Å². The first-order valence-electron chi connectivity index (χ1n) is 14.3. The largest absolute Gasteiger partial charge is 0.318 e. The number of benzene rings is 4. The van der Waals surface area contributed by atoms with Crippen LogP contribution in [-0.2, 0) is 12.0 Å². The predicted octanol–water partition coefficient (Wildman–Crippen LogP) is 8.14. The van der Waals surface area contributed by atoms with Gasteiger partial charge in [-0.1, -0.05) is 97.1 Å². The molecule has 0 amide bonds. The Labute approximate surface area is 249 Å². The predicted molar refractivity (Wildman–Crippen MR) is 167 cm³/mol. The summed E-state index contributed by atoms with van der Waals surface area (Å²) in [4.78, 5) is 22.3. The smallest absolute Gasteiger partial charge is 0.190 e. The molecule has 2 aromatic heterocycles. The van der Waals surface area contributed by atoms with Crippen LogP contribution < -0.4 is 0 Å². The molecular formula is C38H28FN3O. The molecule has 7 rings (SSSR count). The highest BCUT2D eigenvalue weighted by molar-refractivity contribution is 6.13. The Morgan fingerprint density at radius 1 is 0.744 bits per heavy atom. The second-order valence-electron chi connectivity index (χ2n) is 10.7. The first-order valence-corrected chi connectivity index (χ1v) is 14.3. The average Bonchev–Trinajstić information content (AvgIpc) is 3.55. The Morgan fingerprint density at radius 3 is 2.00 bits per heavy atom. The van der Waals surface area contributed by atoms with Gasteiger partial charge in [0.1, 0.15) is 11.4 Å². The van der Waals surface area contributed by atoms with Crippen molar-refractivity contribution < 1.29 is 9.18 Å². The van der Waals surface area contributed by atoms with Crippen molar-refractivity contribution in [3.8, 4) is 11.3 Å². The van der Waals surface area contributed by atoms with Crippen LogP contribution in [0.5, 0.6) is 0 Å². The van der Waals surface area contributed by atoms with E-state index in [1.165, 1.54) is 12.1 Å². The standard InChI is InChI=1S/C38H28FN3O/c39-33-19-18-28(22-29-17-16-27-20-21-40-24-35(27)37(29)43)34(23-33)36-25-42(26-41-36)38(30-10-4-1-5-11-30,31-12-6-2-7-13-31)32-14-8-3-9-15-32/h1-15,18-26H,16-17H2/b29-22+. The summed E-state index contributed by atoms with van der Waals surface area (Å²) >= 11 is 0. The van der Waals surface area contributed by atoms with Crippen LogP contribution in [0.2, 0.25) is 0 Å². The quantitative estimate of drug-likeness (QED) is 0.152. The minimum Gasteiger partial charge on any atom is -0.318 e. The second kappa shape index (κ2) is 11.1. The summed E-state index contributed by atoms with van der Waals surface area (Å²) in [6.45, 7) is 0. The molecule has 5 heteroatoms. The van der Waals surface area contributed by atoms with Crippen LogP contribution in [0.1, 0.15) is 44.6 Å². The van der Waals surface area contributed by atoms with Crippen molar-refractivity contribution in [3.05, 3.63) is 185 Å². The van der Waals surface area contributed by atoms with E-state index in [0.717, 1.165) is 34.2 Å². The van der Waals surface area contributed by atoms with Gasteiger partial charge in [0.05, 0.1) is 12.0 Å². The maximum atomic E-state index is 14.8. The fourth-order valence-corrected chi connectivity index (χ4v) is 6.23. The third kappa shape index (κ3) is 4.69. The van der Waals surface area contributed by atoms with Crippen molar-refractivity contribution in [2.24, 2.45) is 0 Å². The van der Waals surface area contributed by atoms with Crippen molar-refractivity contribution in [2.75, 3.05) is 0 Å². The first kappa shape index (κ1) is 26.5. The number of rotatable bonds is 6. The third-order valence-corrected chi connectivity index (χ3v) is 8.28. The first-order chi connectivity index (χ1) is 21.1. The number of imidazole rings is 1. The second-order valence-corrected chi connectivity index (χ2v) is 10.7. The maximum absolute atomic E-state index is 14.8. The summed E-state index contributed by atoms with van der Waals surface area (Å²) in [5.41, 5.74) is 6.77. The number of Topliss-reactive ketones (excluding diaryl/α,β-unsaturated/α-hetero) is 1. The van der Waals surface area contributed by atoms with E-state index >= 15 is 0 Å². The Morgan fingerprint density at radius 2 is 1.37 bits per heavy atom. The lowest BCUT2D eigenvalue weighted by molar-refractivity contribution is 0.102. The molecule has 1 aliphatic rings. The van der Waals surface area contributed by atoms with E-state index in [9.17, 15) is 9.18 Å². The number of allylic oxidation sites excluding steroid dienone is 1. The van der Waals surface area contributed by atoms with Gasteiger partial charge in [-0.05, 0) is 64.9 Å². The molecule has 2 heterocycles. The van der Waals surface area contributed by atoms with E-state index in [0.29, 0.717) is 28.8 Å². The molecule has 0 bridgehead atoms. The minimum absolute atomic E-state index is 0.0357. The zero-order valence-electron chi connectivity index (χ0n) is 23.4. The molecule has 0 spiro atoms. The number of aromatic nitrogens is 3. The van der Waals surface area contributed by atoms with Crippen LogP contribution in [0.4, 0.5) is 4.39 Å². The van der Waals surface area contributed by atoms with Crippen LogP contribution in [0.3, 0.4) is 0 Å². The lowest BCUT2D eigenvalue weighted by Crippen LogP contribution is -2.36. The number of hydrogen-bond donors (Lipinski definition) is 0. The van der Waals surface area contributed by atoms with Gasteiger partial charge in [0.2, 0.25) is 0 Å².